The monoisotopic (exact) mass is 281 g/mol. The van der Waals surface area contributed by atoms with Crippen LogP contribution in [-0.4, -0.2) is 6.18 Å². The van der Waals surface area contributed by atoms with Gasteiger partial charge in [-0.05, 0) is 11.6 Å². The fourth-order valence-electron chi connectivity index (χ4n) is 1.78. The maximum atomic E-state index is 12.7. The summed E-state index contributed by atoms with van der Waals surface area (Å²) < 4.78 is 43.6. The van der Waals surface area contributed by atoms with Crippen molar-refractivity contribution in [2.45, 2.75) is 18.8 Å². The molecule has 0 aliphatic rings. The standard InChI is InChI=1S/C15H14F3NO/c16-15(17,18)14(19)12-8-4-5-9-13(12)20-10-11-6-2-1-3-7-11/h1-9,14H,10,19H2/t14-/m0/s1. The molecule has 0 unspecified atom stereocenters. The number of hydrogen-bond acceptors (Lipinski definition) is 2. The third-order valence-electron chi connectivity index (χ3n) is 2.84. The van der Waals surface area contributed by atoms with E-state index in [1.807, 2.05) is 30.3 Å². The molecular weight excluding hydrogens is 267 g/mol. The van der Waals surface area contributed by atoms with Crippen LogP contribution in [0.3, 0.4) is 0 Å². The van der Waals surface area contributed by atoms with Crippen LogP contribution in [0.25, 0.3) is 0 Å². The van der Waals surface area contributed by atoms with Crippen LogP contribution in [0.2, 0.25) is 0 Å². The Morgan fingerprint density at radius 1 is 0.950 bits per heavy atom. The van der Waals surface area contributed by atoms with Gasteiger partial charge in [-0.25, -0.2) is 0 Å². The van der Waals surface area contributed by atoms with Crippen LogP contribution >= 0.6 is 0 Å². The van der Waals surface area contributed by atoms with Crippen molar-refractivity contribution in [2.75, 3.05) is 0 Å². The number of benzene rings is 2. The summed E-state index contributed by atoms with van der Waals surface area (Å²) in [6.45, 7) is 0.197. The molecule has 106 valence electrons. The van der Waals surface area contributed by atoms with Crippen LogP contribution in [0.5, 0.6) is 5.75 Å². The van der Waals surface area contributed by atoms with Gasteiger partial charge in [0.2, 0.25) is 0 Å². The Kier molecular flexibility index (Phi) is 4.29. The third-order valence-corrected chi connectivity index (χ3v) is 2.84. The van der Waals surface area contributed by atoms with Crippen molar-refractivity contribution in [3.63, 3.8) is 0 Å². The van der Waals surface area contributed by atoms with Crippen molar-refractivity contribution >= 4 is 0 Å². The molecule has 0 aromatic heterocycles. The fraction of sp³-hybridized carbons (Fsp3) is 0.200. The highest BCUT2D eigenvalue weighted by molar-refractivity contribution is 5.36. The van der Waals surface area contributed by atoms with E-state index >= 15 is 0 Å². The number of alkyl halides is 3. The molecule has 0 spiro atoms. The van der Waals surface area contributed by atoms with Gasteiger partial charge in [-0.1, -0.05) is 48.5 Å². The predicted molar refractivity (Wildman–Crippen MR) is 70.2 cm³/mol. The van der Waals surface area contributed by atoms with Crippen LogP contribution in [0.4, 0.5) is 13.2 Å². The molecule has 0 radical (unpaired) electrons. The van der Waals surface area contributed by atoms with E-state index in [1.165, 1.54) is 18.2 Å². The summed E-state index contributed by atoms with van der Waals surface area (Å²) in [5, 5.41) is 0. The quantitative estimate of drug-likeness (QED) is 0.924. The lowest BCUT2D eigenvalue weighted by Gasteiger charge is -2.19. The van der Waals surface area contributed by atoms with Gasteiger partial charge in [0.05, 0.1) is 0 Å². The minimum atomic E-state index is -4.49. The summed E-state index contributed by atoms with van der Waals surface area (Å²) >= 11 is 0. The lowest BCUT2D eigenvalue weighted by molar-refractivity contribution is -0.149. The first-order valence-electron chi connectivity index (χ1n) is 6.06. The lowest BCUT2D eigenvalue weighted by atomic mass is 10.1. The molecule has 0 aliphatic carbocycles. The molecule has 0 fully saturated rings. The molecule has 0 bridgehead atoms. The van der Waals surface area contributed by atoms with Crippen molar-refractivity contribution in [2.24, 2.45) is 5.73 Å². The van der Waals surface area contributed by atoms with Gasteiger partial charge < -0.3 is 10.5 Å². The van der Waals surface area contributed by atoms with Crippen LogP contribution < -0.4 is 10.5 Å². The first kappa shape index (κ1) is 14.4. The van der Waals surface area contributed by atoms with Crippen molar-refractivity contribution < 1.29 is 17.9 Å². The van der Waals surface area contributed by atoms with Gasteiger partial charge in [0, 0.05) is 5.56 Å². The number of hydrogen-bond donors (Lipinski definition) is 1. The average molecular weight is 281 g/mol. The Balaban J connectivity index is 2.16. The molecule has 2 N–H and O–H groups in total. The van der Waals surface area contributed by atoms with Crippen molar-refractivity contribution in [1.82, 2.24) is 0 Å². The lowest BCUT2D eigenvalue weighted by Crippen LogP contribution is -2.28. The highest BCUT2D eigenvalue weighted by Crippen LogP contribution is 2.35. The summed E-state index contributed by atoms with van der Waals surface area (Å²) in [4.78, 5) is 0. The Bertz CT molecular complexity index is 555. The predicted octanol–water partition coefficient (Wildman–Crippen LogP) is 3.83. The molecule has 0 heterocycles. The first-order chi connectivity index (χ1) is 9.48. The number of nitrogens with two attached hydrogens (primary N) is 1. The van der Waals surface area contributed by atoms with Gasteiger partial charge in [-0.15, -0.1) is 0 Å². The Hall–Kier alpha value is -2.01. The number of ether oxygens (including phenoxy) is 1. The van der Waals surface area contributed by atoms with Crippen LogP contribution in [0.15, 0.2) is 54.6 Å². The van der Waals surface area contributed by atoms with Gasteiger partial charge in [0.15, 0.2) is 0 Å². The zero-order chi connectivity index (χ0) is 14.6. The van der Waals surface area contributed by atoms with Crippen molar-refractivity contribution in [3.05, 3.63) is 65.7 Å². The molecule has 2 aromatic rings. The molecule has 2 aromatic carbocycles. The number of para-hydroxylation sites is 1. The minimum absolute atomic E-state index is 0.0593. The normalized spacial score (nSPS) is 13.0. The molecule has 0 saturated carbocycles. The second-order valence-corrected chi connectivity index (χ2v) is 4.33. The first-order valence-corrected chi connectivity index (χ1v) is 6.06. The second-order valence-electron chi connectivity index (χ2n) is 4.33. The second kappa shape index (κ2) is 5.96. The van der Waals surface area contributed by atoms with Gasteiger partial charge in [0.25, 0.3) is 0 Å². The molecule has 0 amide bonds. The van der Waals surface area contributed by atoms with Crippen LogP contribution in [0.1, 0.15) is 17.2 Å². The molecular formula is C15H14F3NO. The zero-order valence-electron chi connectivity index (χ0n) is 10.6. The zero-order valence-corrected chi connectivity index (χ0v) is 10.6. The van der Waals surface area contributed by atoms with Crippen LogP contribution in [-0.2, 0) is 6.61 Å². The summed E-state index contributed by atoms with van der Waals surface area (Å²) in [6.07, 6.45) is -4.49. The van der Waals surface area contributed by atoms with Gasteiger partial charge in [-0.2, -0.15) is 13.2 Å². The number of rotatable bonds is 4. The molecule has 0 saturated heterocycles. The molecule has 5 heteroatoms. The van der Waals surface area contributed by atoms with E-state index in [4.69, 9.17) is 10.5 Å². The topological polar surface area (TPSA) is 35.2 Å². The summed E-state index contributed by atoms with van der Waals surface area (Å²) in [6, 6.07) is 13.1. The van der Waals surface area contributed by atoms with Gasteiger partial charge in [0.1, 0.15) is 18.4 Å². The Morgan fingerprint density at radius 2 is 1.55 bits per heavy atom. The van der Waals surface area contributed by atoms with E-state index in [9.17, 15) is 13.2 Å². The highest BCUT2D eigenvalue weighted by atomic mass is 19.4. The van der Waals surface area contributed by atoms with Gasteiger partial charge >= 0.3 is 6.18 Å². The highest BCUT2D eigenvalue weighted by Gasteiger charge is 2.39. The minimum Gasteiger partial charge on any atom is -0.489 e. The van der Waals surface area contributed by atoms with E-state index in [-0.39, 0.29) is 17.9 Å². The van der Waals surface area contributed by atoms with Crippen molar-refractivity contribution in [1.29, 1.82) is 0 Å². The van der Waals surface area contributed by atoms with Gasteiger partial charge in [-0.3, -0.25) is 0 Å². The third kappa shape index (κ3) is 3.51. The van der Waals surface area contributed by atoms with E-state index < -0.39 is 12.2 Å². The van der Waals surface area contributed by atoms with Crippen molar-refractivity contribution in [3.8, 4) is 5.75 Å². The molecule has 20 heavy (non-hydrogen) atoms. The maximum absolute atomic E-state index is 12.7. The van der Waals surface area contributed by atoms with E-state index in [0.717, 1.165) is 5.56 Å². The summed E-state index contributed by atoms with van der Waals surface area (Å²) in [5.74, 6) is 0.154. The molecule has 2 nitrogen and oxygen atoms in total. The summed E-state index contributed by atoms with van der Waals surface area (Å²) in [7, 11) is 0. The smallest absolute Gasteiger partial charge is 0.407 e. The SMILES string of the molecule is N[C@@H](c1ccccc1OCc1ccccc1)C(F)(F)F. The van der Waals surface area contributed by atoms with E-state index in [0.29, 0.717) is 0 Å². The summed E-state index contributed by atoms with van der Waals surface area (Å²) in [5.41, 5.74) is 6.06. The molecule has 0 aliphatic heterocycles. The number of halogens is 3. The van der Waals surface area contributed by atoms with Crippen LogP contribution in [0, 0.1) is 0 Å². The Morgan fingerprint density at radius 3 is 2.20 bits per heavy atom. The maximum Gasteiger partial charge on any atom is 0.407 e. The largest absolute Gasteiger partial charge is 0.489 e. The van der Waals surface area contributed by atoms with E-state index in [1.54, 1.807) is 6.07 Å². The van der Waals surface area contributed by atoms with E-state index in [2.05, 4.69) is 0 Å². The molecule has 2 rings (SSSR count). The molecule has 1 atom stereocenters. The Labute approximate surface area is 115 Å². The fourth-order valence-corrected chi connectivity index (χ4v) is 1.78. The average Bonchev–Trinajstić information content (AvgIpc) is 2.45.